The highest BCUT2D eigenvalue weighted by atomic mass is 19.1. The zero-order valence-corrected chi connectivity index (χ0v) is 15.3. The van der Waals surface area contributed by atoms with Crippen LogP contribution < -0.4 is 16.1 Å². The molecule has 2 aliphatic rings. The summed E-state index contributed by atoms with van der Waals surface area (Å²) in [5.41, 5.74) is 5.65. The summed E-state index contributed by atoms with van der Waals surface area (Å²) in [4.78, 5) is 34.9. The third kappa shape index (κ3) is 2.99. The van der Waals surface area contributed by atoms with Crippen LogP contribution in [0.4, 0.5) is 10.2 Å². The number of pyridine rings is 2. The minimum Gasteiger partial charge on any atom is -0.477 e. The first kappa shape index (κ1) is 18.4. The van der Waals surface area contributed by atoms with Crippen molar-refractivity contribution in [3.05, 3.63) is 33.9 Å². The summed E-state index contributed by atoms with van der Waals surface area (Å²) >= 11 is 0. The maximum atomic E-state index is 14.9. The van der Waals surface area contributed by atoms with Crippen LogP contribution in [-0.2, 0) is 4.84 Å². The van der Waals surface area contributed by atoms with Crippen LogP contribution >= 0.6 is 0 Å². The van der Waals surface area contributed by atoms with Gasteiger partial charge >= 0.3 is 5.97 Å². The number of fused-ring (bicyclic) bond motifs is 1. The lowest BCUT2D eigenvalue weighted by Gasteiger charge is -2.19. The zero-order valence-electron chi connectivity index (χ0n) is 15.3. The molecule has 0 radical (unpaired) electrons. The van der Waals surface area contributed by atoms with Gasteiger partial charge in [0.25, 0.3) is 0 Å². The number of carboxylic acid groups (broad SMARTS) is 1. The third-order valence-corrected chi connectivity index (χ3v) is 5.17. The van der Waals surface area contributed by atoms with Gasteiger partial charge in [-0.3, -0.25) is 4.79 Å². The van der Waals surface area contributed by atoms with E-state index in [1.165, 1.54) is 13.3 Å². The van der Waals surface area contributed by atoms with Crippen molar-refractivity contribution in [2.75, 3.05) is 31.6 Å². The molecule has 2 aromatic rings. The molecule has 0 spiro atoms. The van der Waals surface area contributed by atoms with Crippen LogP contribution in [0.2, 0.25) is 0 Å². The molecule has 1 aliphatic carbocycles. The van der Waals surface area contributed by atoms with Gasteiger partial charge in [0.15, 0.2) is 11.6 Å². The fourth-order valence-electron chi connectivity index (χ4n) is 3.60. The van der Waals surface area contributed by atoms with Crippen molar-refractivity contribution in [2.45, 2.75) is 18.9 Å². The summed E-state index contributed by atoms with van der Waals surface area (Å²) < 4.78 is 16.5. The summed E-state index contributed by atoms with van der Waals surface area (Å²) in [6.45, 7) is 1.07. The molecular formula is C18H20FN5O4. The van der Waals surface area contributed by atoms with Gasteiger partial charge in [-0.05, 0) is 18.9 Å². The molecular weight excluding hydrogens is 369 g/mol. The van der Waals surface area contributed by atoms with E-state index in [0.717, 1.165) is 18.9 Å². The number of halogens is 1. The van der Waals surface area contributed by atoms with E-state index in [9.17, 15) is 19.1 Å². The molecule has 2 fully saturated rings. The molecule has 148 valence electrons. The molecule has 2 aromatic heterocycles. The van der Waals surface area contributed by atoms with Gasteiger partial charge in [-0.1, -0.05) is 5.16 Å². The van der Waals surface area contributed by atoms with Crippen LogP contribution in [0.5, 0.6) is 0 Å². The van der Waals surface area contributed by atoms with Gasteiger partial charge in [0, 0.05) is 31.2 Å². The van der Waals surface area contributed by atoms with Crippen LogP contribution in [0, 0.1) is 11.7 Å². The van der Waals surface area contributed by atoms with Gasteiger partial charge in [0.2, 0.25) is 5.43 Å². The highest BCUT2D eigenvalue weighted by molar-refractivity contribution is 5.95. The van der Waals surface area contributed by atoms with Gasteiger partial charge < -0.3 is 25.1 Å². The number of hydrogen-bond acceptors (Lipinski definition) is 7. The Hall–Kier alpha value is -3.01. The molecule has 9 nitrogen and oxygen atoms in total. The zero-order chi connectivity index (χ0) is 20.0. The molecule has 10 heteroatoms. The average Bonchev–Trinajstić information content (AvgIpc) is 3.42. The normalized spacial score (nSPS) is 20.9. The number of aromatic carboxylic acids is 1. The number of anilines is 1. The minimum atomic E-state index is -1.34. The molecule has 3 heterocycles. The lowest BCUT2D eigenvalue weighted by molar-refractivity contribution is 0.0695. The van der Waals surface area contributed by atoms with E-state index in [0.29, 0.717) is 25.3 Å². The Kier molecular flexibility index (Phi) is 4.50. The third-order valence-electron chi connectivity index (χ3n) is 5.17. The molecule has 1 saturated carbocycles. The maximum absolute atomic E-state index is 14.9. The number of oxime groups is 1. The SMILES string of the molecule is CON=C1CN(c2nc3c(cc2F)c(=O)c(C(=O)O)cn3C2CC2)CC1CN. The van der Waals surface area contributed by atoms with Gasteiger partial charge in [0.1, 0.15) is 18.3 Å². The van der Waals surface area contributed by atoms with Gasteiger partial charge in [0.05, 0.1) is 17.6 Å². The van der Waals surface area contributed by atoms with Crippen LogP contribution in [0.1, 0.15) is 29.2 Å². The lowest BCUT2D eigenvalue weighted by atomic mass is 10.1. The molecule has 0 aromatic carbocycles. The Morgan fingerprint density at radius 2 is 2.25 bits per heavy atom. The fourth-order valence-corrected chi connectivity index (χ4v) is 3.60. The Morgan fingerprint density at radius 1 is 1.50 bits per heavy atom. The van der Waals surface area contributed by atoms with Crippen molar-refractivity contribution < 1.29 is 19.1 Å². The first-order valence-corrected chi connectivity index (χ1v) is 8.98. The quantitative estimate of drug-likeness (QED) is 0.730. The molecule has 4 rings (SSSR count). The second-order valence-electron chi connectivity index (χ2n) is 7.06. The van der Waals surface area contributed by atoms with Crippen LogP contribution in [-0.4, -0.2) is 53.1 Å². The molecule has 1 atom stereocenters. The van der Waals surface area contributed by atoms with Crippen LogP contribution in [0.25, 0.3) is 11.0 Å². The molecule has 0 bridgehead atoms. The van der Waals surface area contributed by atoms with Crippen molar-refractivity contribution in [3.63, 3.8) is 0 Å². The number of nitrogens with two attached hydrogens (primary N) is 1. The van der Waals surface area contributed by atoms with Crippen molar-refractivity contribution in [1.29, 1.82) is 0 Å². The van der Waals surface area contributed by atoms with Crippen LogP contribution in [0.15, 0.2) is 22.2 Å². The second-order valence-corrected chi connectivity index (χ2v) is 7.06. The first-order valence-electron chi connectivity index (χ1n) is 8.98. The molecule has 1 aliphatic heterocycles. The summed E-state index contributed by atoms with van der Waals surface area (Å²) in [6, 6.07) is 1.14. The number of rotatable bonds is 5. The van der Waals surface area contributed by atoms with E-state index in [-0.39, 0.29) is 34.4 Å². The van der Waals surface area contributed by atoms with E-state index in [1.54, 1.807) is 9.47 Å². The van der Waals surface area contributed by atoms with Gasteiger partial charge in [-0.2, -0.15) is 0 Å². The Bertz CT molecular complexity index is 1050. The molecule has 0 amide bonds. The number of carbonyl (C=O) groups is 1. The Labute approximate surface area is 159 Å². The van der Waals surface area contributed by atoms with Gasteiger partial charge in [-0.15, -0.1) is 0 Å². The number of hydrogen-bond donors (Lipinski definition) is 2. The van der Waals surface area contributed by atoms with E-state index >= 15 is 0 Å². The molecule has 28 heavy (non-hydrogen) atoms. The smallest absolute Gasteiger partial charge is 0.341 e. The molecule has 3 N–H and O–H groups in total. The lowest BCUT2D eigenvalue weighted by Crippen LogP contribution is -2.26. The monoisotopic (exact) mass is 389 g/mol. The van der Waals surface area contributed by atoms with Crippen molar-refractivity contribution in [2.24, 2.45) is 16.8 Å². The summed E-state index contributed by atoms with van der Waals surface area (Å²) in [5, 5.41) is 13.2. The molecule has 1 unspecified atom stereocenters. The highest BCUT2D eigenvalue weighted by Crippen LogP contribution is 2.37. The number of carboxylic acids is 1. The summed E-state index contributed by atoms with van der Waals surface area (Å²) in [5.74, 6) is -2.03. The first-order chi connectivity index (χ1) is 13.4. The van der Waals surface area contributed by atoms with Crippen molar-refractivity contribution in [1.82, 2.24) is 9.55 Å². The summed E-state index contributed by atoms with van der Waals surface area (Å²) in [7, 11) is 1.44. The standard InChI is InChI=1S/C18H20FN5O4/c1-28-22-14-8-23(6-9(14)5-20)17-13(19)4-11-15(25)12(18(26)27)7-24(10-2-3-10)16(11)21-17/h4,7,9-10H,2-3,5-6,8,20H2,1H3,(H,26,27). The van der Waals surface area contributed by atoms with Crippen molar-refractivity contribution in [3.8, 4) is 0 Å². The maximum Gasteiger partial charge on any atom is 0.341 e. The number of aromatic nitrogens is 2. The average molecular weight is 389 g/mol. The second kappa shape index (κ2) is 6.86. The highest BCUT2D eigenvalue weighted by Gasteiger charge is 2.33. The van der Waals surface area contributed by atoms with Gasteiger partial charge in [-0.25, -0.2) is 14.2 Å². The Balaban J connectivity index is 1.86. The predicted octanol–water partition coefficient (Wildman–Crippen LogP) is 0.966. The van der Waals surface area contributed by atoms with E-state index in [2.05, 4.69) is 10.1 Å². The Morgan fingerprint density at radius 3 is 2.86 bits per heavy atom. The molecule has 1 saturated heterocycles. The fraction of sp³-hybridized carbons (Fsp3) is 0.444. The van der Waals surface area contributed by atoms with Crippen molar-refractivity contribution >= 4 is 28.5 Å². The van der Waals surface area contributed by atoms with E-state index in [1.807, 2.05) is 0 Å². The minimum absolute atomic E-state index is 0.0339. The predicted molar refractivity (Wildman–Crippen MR) is 100 cm³/mol. The topological polar surface area (TPSA) is 123 Å². The largest absolute Gasteiger partial charge is 0.477 e. The van der Waals surface area contributed by atoms with Crippen LogP contribution in [0.3, 0.4) is 0 Å². The summed E-state index contributed by atoms with van der Waals surface area (Å²) in [6.07, 6.45) is 3.02. The number of nitrogens with zero attached hydrogens (tertiary/aromatic N) is 4. The van der Waals surface area contributed by atoms with E-state index < -0.39 is 17.2 Å². The van der Waals surface area contributed by atoms with E-state index in [4.69, 9.17) is 10.6 Å².